The smallest absolute Gasteiger partial charge is 0.326 e. The highest BCUT2D eigenvalue weighted by Gasteiger charge is 2.46. The first-order chi connectivity index (χ1) is 12.3. The Morgan fingerprint density at radius 3 is 2.41 bits per heavy atom. The Morgan fingerprint density at radius 1 is 1.33 bits per heavy atom. The highest BCUT2D eigenvalue weighted by molar-refractivity contribution is 5.93. The first kappa shape index (κ1) is 22.8. The van der Waals surface area contributed by atoms with Crippen LogP contribution in [0.25, 0.3) is 0 Å². The van der Waals surface area contributed by atoms with Crippen LogP contribution < -0.4 is 5.32 Å². The molecular weight excluding hydrogens is 346 g/mol. The third-order valence-corrected chi connectivity index (χ3v) is 4.89. The molecule has 1 amide bonds. The van der Waals surface area contributed by atoms with Crippen molar-refractivity contribution >= 4 is 17.7 Å². The maximum absolute atomic E-state index is 12.1. The molecule has 2 atom stereocenters. The average Bonchev–Trinajstić information content (AvgIpc) is 2.49. The summed E-state index contributed by atoms with van der Waals surface area (Å²) in [6.07, 6.45) is 6.53. The van der Waals surface area contributed by atoms with Crippen molar-refractivity contribution in [3.63, 3.8) is 0 Å². The topological polar surface area (TPSA) is 104 Å². The summed E-state index contributed by atoms with van der Waals surface area (Å²) in [5.74, 6) is -1.45. The van der Waals surface area contributed by atoms with Crippen LogP contribution in [0.4, 0.5) is 0 Å². The van der Waals surface area contributed by atoms with Crippen molar-refractivity contribution in [2.45, 2.75) is 66.0 Å². The summed E-state index contributed by atoms with van der Waals surface area (Å²) in [7, 11) is 0. The molecule has 150 valence electrons. The zero-order valence-electron chi connectivity index (χ0n) is 17.0. The third-order valence-electron chi connectivity index (χ3n) is 4.89. The fourth-order valence-electron chi connectivity index (χ4n) is 3.28. The minimum absolute atomic E-state index is 0.0212. The van der Waals surface area contributed by atoms with Gasteiger partial charge in [-0.1, -0.05) is 33.8 Å². The van der Waals surface area contributed by atoms with E-state index in [0.717, 1.165) is 0 Å². The monoisotopic (exact) mass is 377 g/mol. The number of carbonyl (C=O) groups excluding carboxylic acids is 2. The number of aliphatic carboxylic acids is 1. The Morgan fingerprint density at radius 2 is 1.93 bits per heavy atom. The van der Waals surface area contributed by atoms with Crippen LogP contribution >= 0.6 is 0 Å². The van der Waals surface area contributed by atoms with Gasteiger partial charge >= 0.3 is 5.97 Å². The Kier molecular flexibility index (Phi) is 7.32. The molecule has 0 unspecified atom stereocenters. The molecule has 1 aliphatic rings. The zero-order valence-corrected chi connectivity index (χ0v) is 17.0. The lowest BCUT2D eigenvalue weighted by Crippen LogP contribution is -2.48. The predicted molar refractivity (Wildman–Crippen MR) is 104 cm³/mol. The Labute approximate surface area is 161 Å². The highest BCUT2D eigenvalue weighted by atomic mass is 16.4. The molecule has 6 heteroatoms. The first-order valence-electron chi connectivity index (χ1n) is 9.13. The van der Waals surface area contributed by atoms with Crippen LogP contribution in [0, 0.1) is 11.3 Å². The number of carboxylic acids is 1. The molecule has 0 spiro atoms. The molecule has 0 saturated heterocycles. The van der Waals surface area contributed by atoms with E-state index in [1.54, 1.807) is 26.0 Å². The van der Waals surface area contributed by atoms with E-state index < -0.39 is 28.9 Å². The van der Waals surface area contributed by atoms with E-state index in [4.69, 9.17) is 0 Å². The Balaban J connectivity index is 2.94. The normalized spacial score (nSPS) is 24.1. The van der Waals surface area contributed by atoms with Gasteiger partial charge in [0.25, 0.3) is 0 Å². The predicted octanol–water partition coefficient (Wildman–Crippen LogP) is 2.78. The molecule has 0 aromatic rings. The molecule has 0 aromatic heterocycles. The second-order valence-electron chi connectivity index (χ2n) is 8.37. The van der Waals surface area contributed by atoms with Gasteiger partial charge in [0.05, 0.1) is 0 Å². The Hall–Kier alpha value is -2.21. The molecule has 0 saturated carbocycles. The van der Waals surface area contributed by atoms with Crippen LogP contribution in [0.5, 0.6) is 0 Å². The summed E-state index contributed by atoms with van der Waals surface area (Å²) in [4.78, 5) is 35.1. The number of rotatable bonds is 7. The van der Waals surface area contributed by atoms with Crippen LogP contribution in [-0.4, -0.2) is 39.5 Å². The molecule has 6 nitrogen and oxygen atoms in total. The molecule has 0 heterocycles. The standard InChI is InChI=1S/C21H31NO5/c1-13(2)9-17(19(25)26)22-18(24)10-14(3)7-8-21(27)15(4)11-16(23)12-20(21,5)6/h7-8,10-11,13,17,27H,9,12H2,1-6H3,(H,22,24)(H,25,26)/b8-7+,14-10-/t17-,21+/m0/s1. The minimum Gasteiger partial charge on any atom is -0.480 e. The fraction of sp³-hybridized carbons (Fsp3) is 0.571. The van der Waals surface area contributed by atoms with Crippen molar-refractivity contribution in [2.75, 3.05) is 0 Å². The van der Waals surface area contributed by atoms with E-state index in [0.29, 0.717) is 17.6 Å². The molecular formula is C21H31NO5. The van der Waals surface area contributed by atoms with E-state index in [9.17, 15) is 24.6 Å². The zero-order chi connectivity index (χ0) is 21.0. The lowest BCUT2D eigenvalue weighted by atomic mass is 9.64. The molecule has 27 heavy (non-hydrogen) atoms. The number of hydrogen-bond donors (Lipinski definition) is 3. The van der Waals surface area contributed by atoms with Crippen LogP contribution in [0.15, 0.2) is 35.5 Å². The van der Waals surface area contributed by atoms with Gasteiger partial charge in [-0.05, 0) is 49.5 Å². The van der Waals surface area contributed by atoms with Gasteiger partial charge in [-0.25, -0.2) is 4.79 Å². The summed E-state index contributed by atoms with van der Waals surface area (Å²) in [5.41, 5.74) is -0.850. The van der Waals surface area contributed by atoms with E-state index in [2.05, 4.69) is 5.32 Å². The second kappa shape index (κ2) is 8.65. The molecule has 0 radical (unpaired) electrons. The van der Waals surface area contributed by atoms with Crippen LogP contribution in [0.2, 0.25) is 0 Å². The molecule has 3 N–H and O–H groups in total. The van der Waals surface area contributed by atoms with E-state index in [1.807, 2.05) is 27.7 Å². The molecule has 0 aliphatic heterocycles. The average molecular weight is 377 g/mol. The van der Waals surface area contributed by atoms with Gasteiger partial charge in [0.15, 0.2) is 5.78 Å². The third kappa shape index (κ3) is 5.89. The van der Waals surface area contributed by atoms with Crippen LogP contribution in [-0.2, 0) is 14.4 Å². The van der Waals surface area contributed by atoms with Gasteiger partial charge in [-0.2, -0.15) is 0 Å². The van der Waals surface area contributed by atoms with Crippen molar-refractivity contribution in [1.82, 2.24) is 5.32 Å². The number of aliphatic hydroxyl groups is 1. The number of ketones is 1. The second-order valence-corrected chi connectivity index (χ2v) is 8.37. The summed E-state index contributed by atoms with van der Waals surface area (Å²) >= 11 is 0. The Bertz CT molecular complexity index is 699. The van der Waals surface area contributed by atoms with Gasteiger partial charge < -0.3 is 15.5 Å². The van der Waals surface area contributed by atoms with Gasteiger partial charge in [-0.15, -0.1) is 0 Å². The molecule has 0 bridgehead atoms. The van der Waals surface area contributed by atoms with Crippen molar-refractivity contribution in [3.8, 4) is 0 Å². The fourth-order valence-corrected chi connectivity index (χ4v) is 3.28. The van der Waals surface area contributed by atoms with Crippen molar-refractivity contribution in [3.05, 3.63) is 35.5 Å². The SMILES string of the molecule is CC1=CC(=O)CC(C)(C)[C@@]1(O)/C=C/C(C)=C\C(=O)N[C@@H](CC(C)C)C(=O)O. The van der Waals surface area contributed by atoms with Crippen LogP contribution in [0.1, 0.15) is 54.4 Å². The molecule has 1 rings (SSSR count). The van der Waals surface area contributed by atoms with Crippen molar-refractivity contribution in [1.29, 1.82) is 0 Å². The minimum atomic E-state index is -1.30. The lowest BCUT2D eigenvalue weighted by molar-refractivity contribution is -0.141. The maximum atomic E-state index is 12.1. The lowest BCUT2D eigenvalue weighted by Gasteiger charge is -2.44. The number of carbonyl (C=O) groups is 3. The molecule has 1 aliphatic carbocycles. The van der Waals surface area contributed by atoms with E-state index in [1.165, 1.54) is 12.2 Å². The van der Waals surface area contributed by atoms with E-state index >= 15 is 0 Å². The van der Waals surface area contributed by atoms with E-state index in [-0.39, 0.29) is 18.1 Å². The quantitative estimate of drug-likeness (QED) is 0.467. The van der Waals surface area contributed by atoms with Gasteiger partial charge in [0.2, 0.25) is 5.91 Å². The molecule has 0 aromatic carbocycles. The van der Waals surface area contributed by atoms with Gasteiger partial charge in [0, 0.05) is 17.9 Å². The van der Waals surface area contributed by atoms with Crippen molar-refractivity contribution < 1.29 is 24.6 Å². The summed E-state index contributed by atoms with van der Waals surface area (Å²) in [5, 5.41) is 22.8. The summed E-state index contributed by atoms with van der Waals surface area (Å²) < 4.78 is 0. The largest absolute Gasteiger partial charge is 0.480 e. The number of allylic oxidation sites excluding steroid dienone is 3. The number of amides is 1. The van der Waals surface area contributed by atoms with Crippen molar-refractivity contribution in [2.24, 2.45) is 11.3 Å². The number of nitrogens with one attached hydrogen (secondary N) is 1. The van der Waals surface area contributed by atoms with Gasteiger partial charge in [-0.3, -0.25) is 9.59 Å². The van der Waals surface area contributed by atoms with Gasteiger partial charge in [0.1, 0.15) is 11.6 Å². The molecule has 0 fully saturated rings. The number of hydrogen-bond acceptors (Lipinski definition) is 4. The first-order valence-corrected chi connectivity index (χ1v) is 9.13. The highest BCUT2D eigenvalue weighted by Crippen LogP contribution is 2.44. The summed E-state index contributed by atoms with van der Waals surface area (Å²) in [6, 6.07) is -0.941. The van der Waals surface area contributed by atoms with Crippen LogP contribution in [0.3, 0.4) is 0 Å². The maximum Gasteiger partial charge on any atom is 0.326 e. The number of carboxylic acid groups (broad SMARTS) is 1. The summed E-state index contributed by atoms with van der Waals surface area (Å²) in [6.45, 7) is 10.8.